The van der Waals surface area contributed by atoms with Crippen molar-refractivity contribution in [2.45, 2.75) is 25.2 Å². The molecular weight excluding hydrogens is 236 g/mol. The molecule has 0 saturated carbocycles. The molecule has 1 saturated heterocycles. The number of rotatable bonds is 3. The summed E-state index contributed by atoms with van der Waals surface area (Å²) in [4.78, 5) is 0. The fourth-order valence-electron chi connectivity index (χ4n) is 2.51. The number of hydrogen-bond donors (Lipinski definition) is 0. The van der Waals surface area contributed by atoms with Gasteiger partial charge in [0.1, 0.15) is 6.10 Å². The lowest BCUT2D eigenvalue weighted by Gasteiger charge is -2.23. The van der Waals surface area contributed by atoms with Crippen molar-refractivity contribution in [2.24, 2.45) is 0 Å². The van der Waals surface area contributed by atoms with Crippen molar-refractivity contribution in [3.05, 3.63) is 71.8 Å². The van der Waals surface area contributed by atoms with Gasteiger partial charge in [0.2, 0.25) is 0 Å². The number of ether oxygens (including phenoxy) is 2. The second kappa shape index (κ2) is 5.16. The standard InChI is InChI=1S/C17H18O2/c1-17(12-14-8-4-2-5-9-14)18-13-16(19-17)15-10-6-3-7-11-15/h2-11,16H,12-13H2,1H3/t16-,17+/m0/s1. The molecule has 1 aliphatic rings. The molecule has 1 aliphatic heterocycles. The first-order valence-electron chi connectivity index (χ1n) is 6.66. The summed E-state index contributed by atoms with van der Waals surface area (Å²) in [7, 11) is 0. The van der Waals surface area contributed by atoms with Gasteiger partial charge in [0.25, 0.3) is 0 Å². The highest BCUT2D eigenvalue weighted by Crippen LogP contribution is 2.35. The van der Waals surface area contributed by atoms with E-state index in [1.54, 1.807) is 0 Å². The molecule has 1 fully saturated rings. The average Bonchev–Trinajstić information content (AvgIpc) is 2.83. The summed E-state index contributed by atoms with van der Waals surface area (Å²) in [6, 6.07) is 20.6. The van der Waals surface area contributed by atoms with E-state index in [-0.39, 0.29) is 6.10 Å². The van der Waals surface area contributed by atoms with Gasteiger partial charge >= 0.3 is 0 Å². The summed E-state index contributed by atoms with van der Waals surface area (Å²) >= 11 is 0. The molecule has 2 heteroatoms. The molecule has 0 radical (unpaired) electrons. The Bertz CT molecular complexity index is 523. The molecule has 2 aromatic rings. The number of benzene rings is 2. The Morgan fingerprint density at radius 3 is 2.32 bits per heavy atom. The van der Waals surface area contributed by atoms with Gasteiger partial charge in [-0.25, -0.2) is 0 Å². The Morgan fingerprint density at radius 1 is 1.00 bits per heavy atom. The van der Waals surface area contributed by atoms with Gasteiger partial charge < -0.3 is 9.47 Å². The molecule has 0 aromatic heterocycles. The summed E-state index contributed by atoms with van der Waals surface area (Å²) in [6.07, 6.45) is 0.812. The van der Waals surface area contributed by atoms with E-state index in [2.05, 4.69) is 24.3 Å². The Hall–Kier alpha value is -1.64. The van der Waals surface area contributed by atoms with Crippen LogP contribution in [0.5, 0.6) is 0 Å². The molecule has 2 nitrogen and oxygen atoms in total. The van der Waals surface area contributed by atoms with Crippen molar-refractivity contribution >= 4 is 0 Å². The third kappa shape index (κ3) is 2.86. The van der Waals surface area contributed by atoms with Gasteiger partial charge in [-0.05, 0) is 18.1 Å². The molecule has 0 unspecified atom stereocenters. The highest BCUT2D eigenvalue weighted by atomic mass is 16.7. The van der Waals surface area contributed by atoms with Gasteiger partial charge in [0, 0.05) is 6.42 Å². The third-order valence-electron chi connectivity index (χ3n) is 3.47. The van der Waals surface area contributed by atoms with Gasteiger partial charge in [0.05, 0.1) is 6.61 Å². The molecule has 0 spiro atoms. The van der Waals surface area contributed by atoms with Crippen LogP contribution < -0.4 is 0 Å². The molecule has 0 amide bonds. The molecule has 0 N–H and O–H groups in total. The van der Waals surface area contributed by atoms with Crippen molar-refractivity contribution < 1.29 is 9.47 Å². The van der Waals surface area contributed by atoms with Crippen LogP contribution >= 0.6 is 0 Å². The fourth-order valence-corrected chi connectivity index (χ4v) is 2.51. The van der Waals surface area contributed by atoms with Crippen LogP contribution in [0.1, 0.15) is 24.2 Å². The van der Waals surface area contributed by atoms with E-state index in [1.807, 2.05) is 43.3 Å². The predicted octanol–water partition coefficient (Wildman–Crippen LogP) is 3.73. The molecular formula is C17H18O2. The summed E-state index contributed by atoms with van der Waals surface area (Å²) in [6.45, 7) is 2.64. The quantitative estimate of drug-likeness (QED) is 0.830. The van der Waals surface area contributed by atoms with E-state index in [9.17, 15) is 0 Å². The topological polar surface area (TPSA) is 18.5 Å². The zero-order valence-corrected chi connectivity index (χ0v) is 11.1. The minimum Gasteiger partial charge on any atom is -0.347 e. The molecule has 2 aromatic carbocycles. The van der Waals surface area contributed by atoms with Crippen molar-refractivity contribution in [3.8, 4) is 0 Å². The summed E-state index contributed by atoms with van der Waals surface area (Å²) < 4.78 is 12.0. The first-order valence-corrected chi connectivity index (χ1v) is 6.66. The predicted molar refractivity (Wildman–Crippen MR) is 74.8 cm³/mol. The van der Waals surface area contributed by atoms with Crippen molar-refractivity contribution in [1.29, 1.82) is 0 Å². The third-order valence-corrected chi connectivity index (χ3v) is 3.47. The lowest BCUT2D eigenvalue weighted by Crippen LogP contribution is -2.28. The molecule has 0 bridgehead atoms. The van der Waals surface area contributed by atoms with Crippen molar-refractivity contribution in [3.63, 3.8) is 0 Å². The largest absolute Gasteiger partial charge is 0.347 e. The molecule has 3 rings (SSSR count). The Kier molecular flexibility index (Phi) is 3.36. The van der Waals surface area contributed by atoms with Crippen LogP contribution in [0.4, 0.5) is 0 Å². The van der Waals surface area contributed by atoms with E-state index in [0.717, 1.165) is 6.42 Å². The molecule has 2 atom stereocenters. The minimum atomic E-state index is -0.526. The Morgan fingerprint density at radius 2 is 1.63 bits per heavy atom. The molecule has 0 aliphatic carbocycles. The summed E-state index contributed by atoms with van der Waals surface area (Å²) in [5.74, 6) is -0.526. The summed E-state index contributed by atoms with van der Waals surface area (Å²) in [5, 5.41) is 0. The smallest absolute Gasteiger partial charge is 0.170 e. The Labute approximate surface area is 114 Å². The second-order valence-electron chi connectivity index (χ2n) is 5.12. The van der Waals surface area contributed by atoms with Gasteiger partial charge in [-0.15, -0.1) is 0 Å². The fraction of sp³-hybridized carbons (Fsp3) is 0.294. The van der Waals surface area contributed by atoms with Crippen molar-refractivity contribution in [1.82, 2.24) is 0 Å². The molecule has 19 heavy (non-hydrogen) atoms. The number of hydrogen-bond acceptors (Lipinski definition) is 2. The molecule has 1 heterocycles. The maximum absolute atomic E-state index is 6.12. The van der Waals surface area contributed by atoms with Crippen LogP contribution in [0.25, 0.3) is 0 Å². The monoisotopic (exact) mass is 254 g/mol. The normalized spacial score (nSPS) is 26.5. The highest BCUT2D eigenvalue weighted by Gasteiger charge is 2.37. The highest BCUT2D eigenvalue weighted by molar-refractivity contribution is 5.20. The van der Waals surface area contributed by atoms with E-state index in [4.69, 9.17) is 9.47 Å². The maximum Gasteiger partial charge on any atom is 0.170 e. The van der Waals surface area contributed by atoms with E-state index in [0.29, 0.717) is 6.61 Å². The van der Waals surface area contributed by atoms with Crippen LogP contribution in [-0.2, 0) is 15.9 Å². The Balaban J connectivity index is 1.71. The van der Waals surface area contributed by atoms with Crippen molar-refractivity contribution in [2.75, 3.05) is 6.61 Å². The second-order valence-corrected chi connectivity index (χ2v) is 5.12. The summed E-state index contributed by atoms with van der Waals surface area (Å²) in [5.41, 5.74) is 2.41. The van der Waals surface area contributed by atoms with E-state index < -0.39 is 5.79 Å². The van der Waals surface area contributed by atoms with Crippen LogP contribution in [-0.4, -0.2) is 12.4 Å². The zero-order valence-electron chi connectivity index (χ0n) is 11.1. The first kappa shape index (κ1) is 12.4. The lowest BCUT2D eigenvalue weighted by atomic mass is 10.1. The van der Waals surface area contributed by atoms with Crippen LogP contribution in [0, 0.1) is 0 Å². The van der Waals surface area contributed by atoms with Crippen LogP contribution in [0.15, 0.2) is 60.7 Å². The first-order chi connectivity index (χ1) is 9.25. The van der Waals surface area contributed by atoms with Crippen LogP contribution in [0.3, 0.4) is 0 Å². The average molecular weight is 254 g/mol. The lowest BCUT2D eigenvalue weighted by molar-refractivity contribution is -0.153. The SMILES string of the molecule is C[C@@]1(Cc2ccccc2)OC[C@@H](c2ccccc2)O1. The van der Waals surface area contributed by atoms with Gasteiger partial charge in [-0.1, -0.05) is 60.7 Å². The van der Waals surface area contributed by atoms with E-state index >= 15 is 0 Å². The minimum absolute atomic E-state index is 0.0370. The molecule has 98 valence electrons. The van der Waals surface area contributed by atoms with Crippen LogP contribution in [0.2, 0.25) is 0 Å². The zero-order chi connectivity index (χ0) is 13.1. The van der Waals surface area contributed by atoms with Gasteiger partial charge in [0.15, 0.2) is 5.79 Å². The van der Waals surface area contributed by atoms with Gasteiger partial charge in [-0.2, -0.15) is 0 Å². The van der Waals surface area contributed by atoms with Gasteiger partial charge in [-0.3, -0.25) is 0 Å². The van der Waals surface area contributed by atoms with E-state index in [1.165, 1.54) is 11.1 Å². The maximum atomic E-state index is 6.12.